The summed E-state index contributed by atoms with van der Waals surface area (Å²) in [4.78, 5) is 23.6. The maximum atomic E-state index is 11.2. The van der Waals surface area contributed by atoms with E-state index in [4.69, 9.17) is 11.6 Å². The quantitative estimate of drug-likeness (QED) is 0.600. The van der Waals surface area contributed by atoms with Crippen molar-refractivity contribution in [3.8, 4) is 0 Å². The molecule has 0 bridgehead atoms. The summed E-state index contributed by atoms with van der Waals surface area (Å²) in [7, 11) is 1.82. The third kappa shape index (κ3) is 3.35. The van der Waals surface area contributed by atoms with Crippen LogP contribution in [0, 0.1) is 4.91 Å². The highest BCUT2D eigenvalue weighted by Crippen LogP contribution is 2.26. The first kappa shape index (κ1) is 14.9. The molecule has 0 aromatic heterocycles. The van der Waals surface area contributed by atoms with Gasteiger partial charge < -0.3 is 4.90 Å². The standard InChI is InChI=1S/C16H13ClN2O2/c1-11(12-5-3-7-14(9-12)18-21)19(2)15-8-4-6-13(10-15)16(17)20/h3-10H,1H2,2H3. The van der Waals surface area contributed by atoms with Crippen molar-refractivity contribution in [2.45, 2.75) is 0 Å². The molecule has 2 aromatic carbocycles. The first-order valence-electron chi connectivity index (χ1n) is 6.19. The van der Waals surface area contributed by atoms with Crippen LogP contribution in [0.5, 0.6) is 0 Å². The Bertz CT molecular complexity index is 713. The predicted molar refractivity (Wildman–Crippen MR) is 86.0 cm³/mol. The Morgan fingerprint density at radius 3 is 2.48 bits per heavy atom. The van der Waals surface area contributed by atoms with E-state index in [2.05, 4.69) is 11.8 Å². The van der Waals surface area contributed by atoms with E-state index in [9.17, 15) is 9.70 Å². The average molecular weight is 301 g/mol. The van der Waals surface area contributed by atoms with Crippen molar-refractivity contribution in [2.75, 3.05) is 11.9 Å². The second-order valence-electron chi connectivity index (χ2n) is 4.47. The van der Waals surface area contributed by atoms with Gasteiger partial charge in [-0.2, -0.15) is 0 Å². The number of carbonyl (C=O) groups is 1. The van der Waals surface area contributed by atoms with E-state index >= 15 is 0 Å². The number of nitroso groups, excluding NO2 is 1. The SMILES string of the molecule is C=C(c1cccc(N=O)c1)N(C)c1cccc(C(=O)Cl)c1. The van der Waals surface area contributed by atoms with E-state index in [1.54, 1.807) is 36.4 Å². The zero-order chi connectivity index (χ0) is 15.4. The fraction of sp³-hybridized carbons (Fsp3) is 0.0625. The number of anilines is 1. The molecule has 0 aliphatic carbocycles. The van der Waals surface area contributed by atoms with Crippen molar-refractivity contribution in [3.63, 3.8) is 0 Å². The van der Waals surface area contributed by atoms with E-state index in [1.165, 1.54) is 0 Å². The molecule has 0 radical (unpaired) electrons. The van der Waals surface area contributed by atoms with Gasteiger partial charge in [-0.1, -0.05) is 24.8 Å². The highest BCUT2D eigenvalue weighted by molar-refractivity contribution is 6.67. The zero-order valence-electron chi connectivity index (χ0n) is 11.4. The normalized spacial score (nSPS) is 10.0. The van der Waals surface area contributed by atoms with Gasteiger partial charge in [-0.15, -0.1) is 4.91 Å². The summed E-state index contributed by atoms with van der Waals surface area (Å²) in [5, 5.41) is 2.40. The summed E-state index contributed by atoms with van der Waals surface area (Å²) >= 11 is 5.49. The van der Waals surface area contributed by atoms with Crippen molar-refractivity contribution in [1.82, 2.24) is 0 Å². The topological polar surface area (TPSA) is 49.7 Å². The van der Waals surface area contributed by atoms with Crippen LogP contribution >= 0.6 is 11.6 Å². The molecule has 5 heteroatoms. The molecular formula is C16H13ClN2O2. The Labute approximate surface area is 127 Å². The molecule has 2 aromatic rings. The highest BCUT2D eigenvalue weighted by Gasteiger charge is 2.10. The van der Waals surface area contributed by atoms with E-state index in [0.717, 1.165) is 11.3 Å². The van der Waals surface area contributed by atoms with Gasteiger partial charge in [-0.3, -0.25) is 4.79 Å². The lowest BCUT2D eigenvalue weighted by atomic mass is 10.1. The fourth-order valence-corrected chi connectivity index (χ4v) is 2.05. The summed E-state index contributed by atoms with van der Waals surface area (Å²) in [6.07, 6.45) is 0. The molecule has 0 aliphatic heterocycles. The minimum Gasteiger partial charge on any atom is -0.345 e. The Balaban J connectivity index is 2.32. The molecule has 0 atom stereocenters. The molecule has 0 heterocycles. The summed E-state index contributed by atoms with van der Waals surface area (Å²) in [5.41, 5.74) is 2.98. The zero-order valence-corrected chi connectivity index (χ0v) is 12.2. The van der Waals surface area contributed by atoms with Crippen LogP contribution in [0.3, 0.4) is 0 Å². The summed E-state index contributed by atoms with van der Waals surface area (Å²) < 4.78 is 0. The van der Waals surface area contributed by atoms with Crippen molar-refractivity contribution < 1.29 is 4.79 Å². The number of carbonyl (C=O) groups excluding carboxylic acids is 1. The van der Waals surface area contributed by atoms with Gasteiger partial charge in [0.2, 0.25) is 0 Å². The number of hydrogen-bond donors (Lipinski definition) is 0. The third-order valence-electron chi connectivity index (χ3n) is 3.15. The third-order valence-corrected chi connectivity index (χ3v) is 3.37. The van der Waals surface area contributed by atoms with Crippen LogP contribution < -0.4 is 4.90 Å². The lowest BCUT2D eigenvalue weighted by Crippen LogP contribution is -2.14. The van der Waals surface area contributed by atoms with Gasteiger partial charge in [-0.05, 0) is 52.7 Å². The van der Waals surface area contributed by atoms with Crippen molar-refractivity contribution in [2.24, 2.45) is 5.18 Å². The largest absolute Gasteiger partial charge is 0.345 e. The Morgan fingerprint density at radius 1 is 1.14 bits per heavy atom. The van der Waals surface area contributed by atoms with Crippen molar-refractivity contribution in [3.05, 3.63) is 71.1 Å². The van der Waals surface area contributed by atoms with Crippen LogP contribution in [0.15, 0.2) is 60.3 Å². The maximum Gasteiger partial charge on any atom is 0.252 e. The Hall–Kier alpha value is -2.46. The molecule has 4 nitrogen and oxygen atoms in total. The lowest BCUT2D eigenvalue weighted by Gasteiger charge is -2.22. The van der Waals surface area contributed by atoms with Crippen LogP contribution in [0.4, 0.5) is 11.4 Å². The molecule has 0 unspecified atom stereocenters. The molecule has 0 N–H and O–H groups in total. The fourth-order valence-electron chi connectivity index (χ4n) is 1.93. The lowest BCUT2D eigenvalue weighted by molar-refractivity contribution is 0.108. The first-order chi connectivity index (χ1) is 10.0. The molecule has 0 fully saturated rings. The second-order valence-corrected chi connectivity index (χ2v) is 4.81. The number of hydrogen-bond acceptors (Lipinski definition) is 4. The van der Waals surface area contributed by atoms with Gasteiger partial charge in [-0.25, -0.2) is 0 Å². The molecule has 21 heavy (non-hydrogen) atoms. The number of nitrogens with zero attached hydrogens (tertiary/aromatic N) is 2. The van der Waals surface area contributed by atoms with E-state index < -0.39 is 5.24 Å². The Morgan fingerprint density at radius 2 is 1.81 bits per heavy atom. The molecular weight excluding hydrogens is 288 g/mol. The van der Waals surface area contributed by atoms with Gasteiger partial charge in [0, 0.05) is 24.0 Å². The Kier molecular flexibility index (Phi) is 4.50. The smallest absolute Gasteiger partial charge is 0.252 e. The summed E-state index contributed by atoms with van der Waals surface area (Å²) in [6.45, 7) is 4.02. The summed E-state index contributed by atoms with van der Waals surface area (Å²) in [5.74, 6) is 0. The first-order valence-corrected chi connectivity index (χ1v) is 6.57. The van der Waals surface area contributed by atoms with Crippen molar-refractivity contribution in [1.29, 1.82) is 0 Å². The molecule has 0 amide bonds. The molecule has 0 saturated heterocycles. The van der Waals surface area contributed by atoms with Gasteiger partial charge in [0.1, 0.15) is 5.69 Å². The van der Waals surface area contributed by atoms with Crippen LogP contribution in [0.25, 0.3) is 5.70 Å². The molecule has 0 saturated carbocycles. The van der Waals surface area contributed by atoms with Crippen LogP contribution in [0.1, 0.15) is 15.9 Å². The molecule has 0 aliphatic rings. The van der Waals surface area contributed by atoms with Gasteiger partial charge >= 0.3 is 0 Å². The van der Waals surface area contributed by atoms with Crippen LogP contribution in [-0.4, -0.2) is 12.3 Å². The molecule has 2 rings (SSSR count). The predicted octanol–water partition coefficient (Wildman–Crippen LogP) is 4.57. The molecule has 106 valence electrons. The van der Waals surface area contributed by atoms with Gasteiger partial charge in [0.25, 0.3) is 5.24 Å². The van der Waals surface area contributed by atoms with Crippen molar-refractivity contribution >= 4 is 33.9 Å². The maximum absolute atomic E-state index is 11.2. The highest BCUT2D eigenvalue weighted by atomic mass is 35.5. The summed E-state index contributed by atoms with van der Waals surface area (Å²) in [6, 6.07) is 13.8. The number of halogens is 1. The monoisotopic (exact) mass is 300 g/mol. The van der Waals surface area contributed by atoms with E-state index in [0.29, 0.717) is 16.9 Å². The molecule has 0 spiro atoms. The van der Waals surface area contributed by atoms with Gasteiger partial charge in [0.15, 0.2) is 0 Å². The number of benzene rings is 2. The average Bonchev–Trinajstić information content (AvgIpc) is 2.53. The number of rotatable bonds is 5. The minimum absolute atomic E-state index is 0.340. The van der Waals surface area contributed by atoms with Crippen LogP contribution in [0.2, 0.25) is 0 Å². The van der Waals surface area contributed by atoms with E-state index in [-0.39, 0.29) is 0 Å². The second kappa shape index (κ2) is 6.33. The van der Waals surface area contributed by atoms with E-state index in [1.807, 2.05) is 24.1 Å². The minimum atomic E-state index is -0.511. The van der Waals surface area contributed by atoms with Gasteiger partial charge in [0.05, 0.1) is 0 Å². The van der Waals surface area contributed by atoms with Crippen LogP contribution in [-0.2, 0) is 0 Å².